The first kappa shape index (κ1) is 17.6. The van der Waals surface area contributed by atoms with Crippen molar-refractivity contribution < 1.29 is 13.2 Å². The van der Waals surface area contributed by atoms with Crippen molar-refractivity contribution in [2.24, 2.45) is 0 Å². The van der Waals surface area contributed by atoms with E-state index in [0.29, 0.717) is 23.7 Å². The van der Waals surface area contributed by atoms with E-state index in [9.17, 15) is 13.2 Å². The second kappa shape index (κ2) is 6.85. The van der Waals surface area contributed by atoms with Crippen molar-refractivity contribution in [2.75, 3.05) is 18.4 Å². The Labute approximate surface area is 162 Å². The molecule has 8 nitrogen and oxygen atoms in total. The lowest BCUT2D eigenvalue weighted by molar-refractivity contribution is 0.341. The van der Waals surface area contributed by atoms with Crippen molar-refractivity contribution in [3.63, 3.8) is 0 Å². The molecule has 2 unspecified atom stereocenters. The Morgan fingerprint density at radius 1 is 1.14 bits per heavy atom. The van der Waals surface area contributed by atoms with Crippen molar-refractivity contribution in [3.05, 3.63) is 48.6 Å². The van der Waals surface area contributed by atoms with Crippen molar-refractivity contribution in [3.8, 4) is 22.8 Å². The predicted octanol–water partition coefficient (Wildman–Crippen LogP) is 2.18. The fraction of sp³-hybridized carbons (Fsp3) is 0.222. The van der Waals surface area contributed by atoms with Gasteiger partial charge in [-0.15, -0.1) is 0 Å². The largest absolute Gasteiger partial charge is 0.361 e. The number of nitrogens with one attached hydrogen (secondary N) is 3. The van der Waals surface area contributed by atoms with Gasteiger partial charge in [-0.3, -0.25) is 9.50 Å². The Kier molecular flexibility index (Phi) is 4.16. The highest BCUT2D eigenvalue weighted by Gasteiger charge is 2.28. The summed E-state index contributed by atoms with van der Waals surface area (Å²) in [5.74, 6) is -1.35. The number of anilines is 1. The Bertz CT molecular complexity index is 1170. The fourth-order valence-corrected chi connectivity index (χ4v) is 3.36. The minimum Gasteiger partial charge on any atom is -0.361 e. The summed E-state index contributed by atoms with van der Waals surface area (Å²) in [6.07, 6.45) is 3.34. The molecule has 0 aliphatic carbocycles. The van der Waals surface area contributed by atoms with Crippen LogP contribution in [0.15, 0.2) is 36.9 Å². The summed E-state index contributed by atoms with van der Waals surface area (Å²) in [7, 11) is 0. The normalized spacial score (nSPS) is 19.1. The molecule has 3 N–H and O–H groups in total. The number of halogens is 3. The zero-order chi connectivity index (χ0) is 20.0. The molecule has 4 aromatic heterocycles. The Morgan fingerprint density at radius 3 is 2.79 bits per heavy atom. The molecule has 0 aromatic carbocycles. The van der Waals surface area contributed by atoms with E-state index in [1.54, 1.807) is 22.7 Å². The molecule has 11 heteroatoms. The molecule has 4 aromatic rings. The average molecular weight is 400 g/mol. The summed E-state index contributed by atoms with van der Waals surface area (Å²) in [4.78, 5) is 12.5. The van der Waals surface area contributed by atoms with E-state index >= 15 is 0 Å². The van der Waals surface area contributed by atoms with Crippen LogP contribution < -0.4 is 10.6 Å². The molecule has 5 rings (SSSR count). The molecule has 0 bridgehead atoms. The molecule has 0 amide bonds. The zero-order valence-corrected chi connectivity index (χ0v) is 14.9. The van der Waals surface area contributed by atoms with Crippen LogP contribution in [0.3, 0.4) is 0 Å². The smallest absolute Gasteiger partial charge is 0.168 e. The number of nitrogens with zero attached hydrogens (tertiary/aromatic N) is 5. The van der Waals surface area contributed by atoms with E-state index in [1.165, 1.54) is 12.5 Å². The number of H-pyrrole nitrogens is 1. The van der Waals surface area contributed by atoms with Crippen LogP contribution in [-0.4, -0.2) is 54.9 Å². The number of alkyl halides is 1. The molecule has 148 valence electrons. The summed E-state index contributed by atoms with van der Waals surface area (Å²) in [6.45, 7) is 0.503. The number of fused-ring (bicyclic) bond motifs is 1. The third-order valence-corrected chi connectivity index (χ3v) is 4.84. The van der Waals surface area contributed by atoms with Crippen LogP contribution in [0.5, 0.6) is 0 Å². The summed E-state index contributed by atoms with van der Waals surface area (Å²) in [6, 6.07) is 3.62. The second-order valence-corrected chi connectivity index (χ2v) is 6.70. The van der Waals surface area contributed by atoms with Gasteiger partial charge < -0.3 is 10.6 Å². The van der Waals surface area contributed by atoms with Crippen LogP contribution in [-0.2, 0) is 0 Å². The fourth-order valence-electron chi connectivity index (χ4n) is 3.36. The van der Waals surface area contributed by atoms with Gasteiger partial charge in [-0.25, -0.2) is 28.1 Å². The van der Waals surface area contributed by atoms with E-state index < -0.39 is 23.8 Å². The molecule has 1 fully saturated rings. The highest BCUT2D eigenvalue weighted by atomic mass is 19.1. The lowest BCUT2D eigenvalue weighted by Crippen LogP contribution is -2.30. The summed E-state index contributed by atoms with van der Waals surface area (Å²) < 4.78 is 44.2. The van der Waals surface area contributed by atoms with Crippen LogP contribution in [0, 0.1) is 11.6 Å². The first-order valence-corrected chi connectivity index (χ1v) is 8.91. The number of pyridine rings is 2. The molecule has 0 radical (unpaired) electrons. The van der Waals surface area contributed by atoms with Crippen molar-refractivity contribution in [1.82, 2.24) is 34.9 Å². The molecular weight excluding hydrogens is 385 g/mol. The van der Waals surface area contributed by atoms with Gasteiger partial charge >= 0.3 is 0 Å². The highest BCUT2D eigenvalue weighted by molar-refractivity contribution is 5.67. The van der Waals surface area contributed by atoms with Crippen molar-refractivity contribution in [1.29, 1.82) is 0 Å². The minimum absolute atomic E-state index is 0.0878. The predicted molar refractivity (Wildman–Crippen MR) is 98.9 cm³/mol. The van der Waals surface area contributed by atoms with Crippen LogP contribution in [0.25, 0.3) is 28.4 Å². The molecule has 2 atom stereocenters. The van der Waals surface area contributed by atoms with Crippen LogP contribution in [0.1, 0.15) is 0 Å². The van der Waals surface area contributed by atoms with Gasteiger partial charge in [0, 0.05) is 30.9 Å². The monoisotopic (exact) mass is 400 g/mol. The maximum atomic E-state index is 14.5. The molecule has 5 heterocycles. The molecule has 1 aliphatic rings. The van der Waals surface area contributed by atoms with Gasteiger partial charge in [-0.05, 0) is 12.1 Å². The maximum Gasteiger partial charge on any atom is 0.168 e. The number of aromatic nitrogens is 6. The van der Waals surface area contributed by atoms with E-state index in [0.717, 1.165) is 11.6 Å². The summed E-state index contributed by atoms with van der Waals surface area (Å²) in [5, 5.41) is 12.2. The van der Waals surface area contributed by atoms with Gasteiger partial charge in [0.25, 0.3) is 0 Å². The maximum absolute atomic E-state index is 14.5. The highest BCUT2D eigenvalue weighted by Crippen LogP contribution is 2.27. The first-order valence-electron chi connectivity index (χ1n) is 8.91. The third-order valence-electron chi connectivity index (χ3n) is 4.84. The summed E-state index contributed by atoms with van der Waals surface area (Å²) >= 11 is 0. The van der Waals surface area contributed by atoms with Gasteiger partial charge in [0.15, 0.2) is 23.3 Å². The number of hydrogen-bond donors (Lipinski definition) is 3. The topological polar surface area (TPSA) is 95.8 Å². The second-order valence-electron chi connectivity index (χ2n) is 6.70. The van der Waals surface area contributed by atoms with E-state index in [-0.39, 0.29) is 18.1 Å². The van der Waals surface area contributed by atoms with Crippen molar-refractivity contribution in [2.45, 2.75) is 12.2 Å². The molecule has 1 aliphatic heterocycles. The summed E-state index contributed by atoms with van der Waals surface area (Å²) in [5.41, 5.74) is 1.53. The van der Waals surface area contributed by atoms with Gasteiger partial charge in [0.2, 0.25) is 0 Å². The van der Waals surface area contributed by atoms with E-state index in [4.69, 9.17) is 0 Å². The number of imidazole rings is 1. The zero-order valence-electron chi connectivity index (χ0n) is 14.9. The van der Waals surface area contributed by atoms with Crippen LogP contribution in [0.2, 0.25) is 0 Å². The minimum atomic E-state index is -1.19. The van der Waals surface area contributed by atoms with Gasteiger partial charge in [0.05, 0.1) is 17.9 Å². The molecular formula is C18H15F3N8. The SMILES string of the molecule is Fc1cc(F)c(-c2cnc3cc(-c4ncn[nH]4)ccn23)nc1NC1CNCC1F. The first-order chi connectivity index (χ1) is 14.1. The Morgan fingerprint density at radius 2 is 2.03 bits per heavy atom. The van der Waals surface area contributed by atoms with Crippen LogP contribution in [0.4, 0.5) is 19.0 Å². The number of rotatable bonds is 4. The lowest BCUT2D eigenvalue weighted by atomic mass is 10.2. The van der Waals surface area contributed by atoms with E-state index in [2.05, 4.69) is 35.8 Å². The Hall–Kier alpha value is -3.47. The van der Waals surface area contributed by atoms with E-state index in [1.807, 2.05) is 0 Å². The standard InChI is InChI=1S/C18H15F3N8/c19-10-4-11(20)18(26-13-6-22-5-12(13)21)27-16(10)14-7-23-15-3-9(1-2-29(14)15)17-24-8-25-28-17/h1-4,7-8,12-13,22H,5-6H2,(H,26,27)(H,24,25,28). The number of hydrogen-bond acceptors (Lipinski definition) is 6. The van der Waals surface area contributed by atoms with Crippen LogP contribution >= 0.6 is 0 Å². The third kappa shape index (κ3) is 3.09. The quantitative estimate of drug-likeness (QED) is 0.486. The molecule has 1 saturated heterocycles. The molecule has 0 spiro atoms. The number of aromatic amines is 1. The lowest BCUT2D eigenvalue weighted by Gasteiger charge is -2.16. The molecule has 29 heavy (non-hydrogen) atoms. The van der Waals surface area contributed by atoms with Gasteiger partial charge in [-0.2, -0.15) is 5.10 Å². The van der Waals surface area contributed by atoms with Gasteiger partial charge in [0.1, 0.15) is 23.8 Å². The average Bonchev–Trinajstić information content (AvgIpc) is 3.45. The Balaban J connectivity index is 1.54. The van der Waals surface area contributed by atoms with Crippen molar-refractivity contribution >= 4 is 11.5 Å². The van der Waals surface area contributed by atoms with Gasteiger partial charge in [-0.1, -0.05) is 0 Å². The molecule has 0 saturated carbocycles.